The second-order valence-electron chi connectivity index (χ2n) is 5.74. The molecule has 3 rings (SSSR count). The summed E-state index contributed by atoms with van der Waals surface area (Å²) in [5.41, 5.74) is 6.48. The van der Waals surface area contributed by atoms with Gasteiger partial charge < -0.3 is 25.6 Å². The number of pyridine rings is 1. The van der Waals surface area contributed by atoms with Crippen LogP contribution < -0.4 is 11.1 Å². The SMILES string of the molecule is NC[C@H]1O[C@@H]2C[C@H](CC(=O)NCc3cccnc3)O[C@@H]2[C@@H]1O. The van der Waals surface area contributed by atoms with Crippen LogP contribution in [0.15, 0.2) is 24.5 Å². The Morgan fingerprint density at radius 3 is 3.05 bits per heavy atom. The third-order valence-corrected chi connectivity index (χ3v) is 4.14. The Morgan fingerprint density at radius 1 is 1.50 bits per heavy atom. The number of hydrogen-bond donors (Lipinski definition) is 3. The minimum Gasteiger partial charge on any atom is -0.388 e. The molecule has 0 bridgehead atoms. The van der Waals surface area contributed by atoms with Crippen molar-refractivity contribution in [2.45, 2.75) is 49.9 Å². The van der Waals surface area contributed by atoms with E-state index < -0.39 is 6.10 Å². The summed E-state index contributed by atoms with van der Waals surface area (Å²) in [5, 5.41) is 12.9. The molecule has 0 saturated carbocycles. The lowest BCUT2D eigenvalue weighted by Crippen LogP contribution is -2.37. The van der Waals surface area contributed by atoms with Gasteiger partial charge >= 0.3 is 0 Å². The van der Waals surface area contributed by atoms with E-state index in [-0.39, 0.29) is 43.3 Å². The molecule has 7 nitrogen and oxygen atoms in total. The van der Waals surface area contributed by atoms with E-state index in [1.165, 1.54) is 0 Å². The molecule has 120 valence electrons. The molecular formula is C15H21N3O4. The van der Waals surface area contributed by atoms with Gasteiger partial charge in [-0.05, 0) is 11.6 Å². The minimum absolute atomic E-state index is 0.0845. The Kier molecular flexibility index (Phi) is 4.68. The summed E-state index contributed by atoms with van der Waals surface area (Å²) in [7, 11) is 0. The quantitative estimate of drug-likeness (QED) is 0.666. The molecule has 3 heterocycles. The summed E-state index contributed by atoms with van der Waals surface area (Å²) in [5.74, 6) is -0.0845. The number of nitrogens with one attached hydrogen (secondary N) is 1. The van der Waals surface area contributed by atoms with Crippen LogP contribution in [0.4, 0.5) is 0 Å². The molecule has 2 aliphatic rings. The average molecular weight is 307 g/mol. The number of carbonyl (C=O) groups is 1. The number of ether oxygens (including phenoxy) is 2. The number of amides is 1. The number of carbonyl (C=O) groups excluding carboxylic acids is 1. The Morgan fingerprint density at radius 2 is 2.36 bits per heavy atom. The number of aliphatic hydroxyl groups is 1. The van der Waals surface area contributed by atoms with Crippen molar-refractivity contribution in [3.05, 3.63) is 30.1 Å². The molecule has 4 N–H and O–H groups in total. The van der Waals surface area contributed by atoms with Gasteiger partial charge in [-0.25, -0.2) is 0 Å². The molecule has 0 unspecified atom stereocenters. The second-order valence-corrected chi connectivity index (χ2v) is 5.74. The van der Waals surface area contributed by atoms with Gasteiger partial charge in [0, 0.05) is 31.9 Å². The molecule has 22 heavy (non-hydrogen) atoms. The van der Waals surface area contributed by atoms with Crippen molar-refractivity contribution in [2.24, 2.45) is 5.73 Å². The van der Waals surface area contributed by atoms with Gasteiger partial charge in [0.05, 0.1) is 24.7 Å². The fourth-order valence-corrected chi connectivity index (χ4v) is 3.02. The summed E-state index contributed by atoms with van der Waals surface area (Å²) in [4.78, 5) is 16.0. The van der Waals surface area contributed by atoms with Crippen molar-refractivity contribution in [1.82, 2.24) is 10.3 Å². The number of aromatic nitrogens is 1. The highest BCUT2D eigenvalue weighted by Gasteiger charge is 2.50. The van der Waals surface area contributed by atoms with Gasteiger partial charge in [-0.1, -0.05) is 6.07 Å². The molecule has 1 amide bonds. The van der Waals surface area contributed by atoms with E-state index in [0.29, 0.717) is 13.0 Å². The van der Waals surface area contributed by atoms with Crippen LogP contribution >= 0.6 is 0 Å². The van der Waals surface area contributed by atoms with Gasteiger partial charge in [-0.3, -0.25) is 9.78 Å². The topological polar surface area (TPSA) is 107 Å². The first-order valence-electron chi connectivity index (χ1n) is 7.52. The van der Waals surface area contributed by atoms with E-state index in [2.05, 4.69) is 10.3 Å². The molecule has 2 fully saturated rings. The number of fused-ring (bicyclic) bond motifs is 1. The Balaban J connectivity index is 1.44. The van der Waals surface area contributed by atoms with Crippen LogP contribution in [0, 0.1) is 0 Å². The highest BCUT2D eigenvalue weighted by molar-refractivity contribution is 5.76. The molecule has 7 heteroatoms. The van der Waals surface area contributed by atoms with E-state index in [0.717, 1.165) is 5.56 Å². The summed E-state index contributed by atoms with van der Waals surface area (Å²) in [6, 6.07) is 3.73. The van der Waals surface area contributed by atoms with Crippen molar-refractivity contribution in [1.29, 1.82) is 0 Å². The van der Waals surface area contributed by atoms with E-state index in [9.17, 15) is 9.90 Å². The maximum Gasteiger partial charge on any atom is 0.222 e. The second kappa shape index (κ2) is 6.70. The van der Waals surface area contributed by atoms with Crippen LogP contribution in [-0.2, 0) is 20.8 Å². The number of rotatable bonds is 5. The van der Waals surface area contributed by atoms with Crippen LogP contribution in [0.2, 0.25) is 0 Å². The standard InChI is InChI=1S/C15H21N3O4/c16-6-12-14(20)15-11(22-12)4-10(21-15)5-13(19)18-8-9-2-1-3-17-7-9/h1-3,7,10-12,14-15,20H,4-6,8,16H2,(H,18,19)/t10-,11-,12-,14-,15+/m1/s1. The third kappa shape index (κ3) is 3.27. The Bertz CT molecular complexity index is 513. The van der Waals surface area contributed by atoms with Gasteiger partial charge in [0.2, 0.25) is 5.91 Å². The molecule has 5 atom stereocenters. The summed E-state index contributed by atoms with van der Waals surface area (Å²) in [6.07, 6.45) is 2.44. The molecule has 1 aromatic rings. The van der Waals surface area contributed by atoms with Crippen molar-refractivity contribution >= 4 is 5.91 Å². The van der Waals surface area contributed by atoms with Crippen LogP contribution in [0.3, 0.4) is 0 Å². The predicted molar refractivity (Wildman–Crippen MR) is 77.7 cm³/mol. The summed E-state index contributed by atoms with van der Waals surface area (Å²) in [6.45, 7) is 0.717. The molecule has 0 radical (unpaired) electrons. The van der Waals surface area contributed by atoms with E-state index in [1.807, 2.05) is 12.1 Å². The highest BCUT2D eigenvalue weighted by atomic mass is 16.6. The zero-order chi connectivity index (χ0) is 15.5. The smallest absolute Gasteiger partial charge is 0.222 e. The van der Waals surface area contributed by atoms with Gasteiger partial charge in [0.25, 0.3) is 0 Å². The summed E-state index contributed by atoms with van der Waals surface area (Å²) >= 11 is 0. The van der Waals surface area contributed by atoms with Gasteiger partial charge in [-0.15, -0.1) is 0 Å². The highest BCUT2D eigenvalue weighted by Crippen LogP contribution is 2.35. The van der Waals surface area contributed by atoms with Crippen LogP contribution in [0.25, 0.3) is 0 Å². The lowest BCUT2D eigenvalue weighted by Gasteiger charge is -2.18. The first kappa shape index (κ1) is 15.4. The molecule has 0 aromatic carbocycles. The number of nitrogens with two attached hydrogens (primary N) is 1. The van der Waals surface area contributed by atoms with Crippen molar-refractivity contribution in [2.75, 3.05) is 6.54 Å². The largest absolute Gasteiger partial charge is 0.388 e. The molecule has 2 aliphatic heterocycles. The van der Waals surface area contributed by atoms with Crippen molar-refractivity contribution < 1.29 is 19.4 Å². The molecular weight excluding hydrogens is 286 g/mol. The van der Waals surface area contributed by atoms with Crippen LogP contribution in [0.1, 0.15) is 18.4 Å². The van der Waals surface area contributed by atoms with Gasteiger partial charge in [0.1, 0.15) is 12.2 Å². The van der Waals surface area contributed by atoms with E-state index in [4.69, 9.17) is 15.2 Å². The fourth-order valence-electron chi connectivity index (χ4n) is 3.02. The van der Waals surface area contributed by atoms with E-state index in [1.54, 1.807) is 12.4 Å². The number of hydrogen-bond acceptors (Lipinski definition) is 6. The molecule has 0 aliphatic carbocycles. The van der Waals surface area contributed by atoms with E-state index >= 15 is 0 Å². The monoisotopic (exact) mass is 307 g/mol. The normalized spacial score (nSPS) is 33.6. The minimum atomic E-state index is -0.710. The number of nitrogens with zero attached hydrogens (tertiary/aromatic N) is 1. The Labute approximate surface area is 128 Å². The average Bonchev–Trinajstić information content (AvgIpc) is 3.05. The van der Waals surface area contributed by atoms with Crippen LogP contribution in [0.5, 0.6) is 0 Å². The molecule has 2 saturated heterocycles. The maximum absolute atomic E-state index is 12.0. The van der Waals surface area contributed by atoms with Crippen molar-refractivity contribution in [3.8, 4) is 0 Å². The Hall–Kier alpha value is -1.54. The van der Waals surface area contributed by atoms with Gasteiger partial charge in [-0.2, -0.15) is 0 Å². The molecule has 1 aromatic heterocycles. The molecule has 0 spiro atoms. The lowest BCUT2D eigenvalue weighted by molar-refractivity contribution is -0.124. The first-order chi connectivity index (χ1) is 10.7. The van der Waals surface area contributed by atoms with Crippen LogP contribution in [-0.4, -0.2) is 53.1 Å². The van der Waals surface area contributed by atoms with Crippen molar-refractivity contribution in [3.63, 3.8) is 0 Å². The predicted octanol–water partition coefficient (Wildman–Crippen LogP) is -0.668. The third-order valence-electron chi connectivity index (χ3n) is 4.14. The zero-order valence-corrected chi connectivity index (χ0v) is 12.2. The maximum atomic E-state index is 12.0. The fraction of sp³-hybridized carbons (Fsp3) is 0.600. The summed E-state index contributed by atoms with van der Waals surface area (Å²) < 4.78 is 11.4. The lowest BCUT2D eigenvalue weighted by atomic mass is 10.1. The zero-order valence-electron chi connectivity index (χ0n) is 12.2. The number of aliphatic hydroxyl groups excluding tert-OH is 1. The first-order valence-corrected chi connectivity index (χ1v) is 7.52. The van der Waals surface area contributed by atoms with Gasteiger partial charge in [0.15, 0.2) is 0 Å².